The van der Waals surface area contributed by atoms with Gasteiger partial charge in [0, 0.05) is 25.2 Å². The van der Waals surface area contributed by atoms with Crippen LogP contribution >= 0.6 is 0 Å². The second kappa shape index (κ2) is 7.47. The lowest BCUT2D eigenvalue weighted by atomic mass is 10.0. The molecule has 1 atom stereocenters. The van der Waals surface area contributed by atoms with Gasteiger partial charge in [-0.2, -0.15) is 0 Å². The molecular formula is C15H19F2NO3. The summed E-state index contributed by atoms with van der Waals surface area (Å²) in [5, 5.41) is 0. The van der Waals surface area contributed by atoms with Crippen LogP contribution in [0.1, 0.15) is 24.9 Å². The van der Waals surface area contributed by atoms with Crippen LogP contribution in [0, 0.1) is 11.6 Å². The van der Waals surface area contributed by atoms with E-state index >= 15 is 0 Å². The predicted molar refractivity (Wildman–Crippen MR) is 72.7 cm³/mol. The lowest BCUT2D eigenvalue weighted by Crippen LogP contribution is -2.40. The topological polar surface area (TPSA) is 38.8 Å². The van der Waals surface area contributed by atoms with Gasteiger partial charge in [-0.3, -0.25) is 9.69 Å². The van der Waals surface area contributed by atoms with Crippen LogP contribution in [-0.2, 0) is 14.3 Å². The van der Waals surface area contributed by atoms with Crippen molar-refractivity contribution in [3.63, 3.8) is 0 Å². The van der Waals surface area contributed by atoms with Gasteiger partial charge < -0.3 is 9.47 Å². The van der Waals surface area contributed by atoms with Gasteiger partial charge in [0.05, 0.1) is 26.2 Å². The maximum Gasteiger partial charge on any atom is 0.307 e. The third-order valence-electron chi connectivity index (χ3n) is 3.42. The van der Waals surface area contributed by atoms with Crippen LogP contribution in [-0.4, -0.2) is 43.8 Å². The molecule has 1 heterocycles. The number of carbonyl (C=O) groups is 1. The predicted octanol–water partition coefficient (Wildman–Crippen LogP) is 2.29. The van der Waals surface area contributed by atoms with E-state index in [4.69, 9.17) is 9.47 Å². The van der Waals surface area contributed by atoms with Gasteiger partial charge in [-0.15, -0.1) is 0 Å². The Bertz CT molecular complexity index is 470. The summed E-state index contributed by atoms with van der Waals surface area (Å²) in [6.07, 6.45) is 0.0662. The van der Waals surface area contributed by atoms with Gasteiger partial charge in [0.1, 0.15) is 11.6 Å². The summed E-state index contributed by atoms with van der Waals surface area (Å²) in [7, 11) is 0. The molecule has 1 saturated heterocycles. The Kier molecular flexibility index (Phi) is 5.64. The van der Waals surface area contributed by atoms with Gasteiger partial charge >= 0.3 is 5.97 Å². The molecule has 4 nitrogen and oxygen atoms in total. The van der Waals surface area contributed by atoms with Crippen molar-refractivity contribution < 1.29 is 23.0 Å². The molecule has 0 aliphatic carbocycles. The summed E-state index contributed by atoms with van der Waals surface area (Å²) in [6, 6.07) is 2.95. The highest BCUT2D eigenvalue weighted by molar-refractivity contribution is 5.70. The zero-order valence-electron chi connectivity index (χ0n) is 12.0. The second-order valence-electron chi connectivity index (χ2n) is 4.88. The van der Waals surface area contributed by atoms with Crippen LogP contribution in [0.15, 0.2) is 18.2 Å². The zero-order valence-corrected chi connectivity index (χ0v) is 12.0. The van der Waals surface area contributed by atoms with Crippen LogP contribution in [0.25, 0.3) is 0 Å². The van der Waals surface area contributed by atoms with Crippen molar-refractivity contribution >= 4 is 5.97 Å². The first-order valence-electron chi connectivity index (χ1n) is 7.03. The molecule has 0 bridgehead atoms. The van der Waals surface area contributed by atoms with Crippen molar-refractivity contribution in [3.8, 4) is 0 Å². The number of halogens is 2. The first kappa shape index (κ1) is 15.9. The summed E-state index contributed by atoms with van der Waals surface area (Å²) in [5.74, 6) is -1.67. The van der Waals surface area contributed by atoms with Gasteiger partial charge in [0.25, 0.3) is 0 Å². The van der Waals surface area contributed by atoms with Crippen molar-refractivity contribution in [2.45, 2.75) is 19.4 Å². The number of morpholine rings is 1. The molecule has 0 saturated carbocycles. The molecule has 1 aromatic rings. The Balaban J connectivity index is 2.22. The third kappa shape index (κ3) is 4.47. The average molecular weight is 299 g/mol. The van der Waals surface area contributed by atoms with Crippen LogP contribution in [0.4, 0.5) is 8.78 Å². The highest BCUT2D eigenvalue weighted by Gasteiger charge is 2.26. The molecule has 0 N–H and O–H groups in total. The number of nitrogens with zero attached hydrogens (tertiary/aromatic N) is 1. The number of rotatable bonds is 5. The molecule has 1 aliphatic heterocycles. The van der Waals surface area contributed by atoms with Gasteiger partial charge in [-0.25, -0.2) is 8.78 Å². The van der Waals surface area contributed by atoms with E-state index in [1.807, 2.05) is 4.90 Å². The minimum absolute atomic E-state index is 0.0662. The van der Waals surface area contributed by atoms with Crippen LogP contribution in [0.5, 0.6) is 0 Å². The first-order chi connectivity index (χ1) is 10.1. The van der Waals surface area contributed by atoms with E-state index in [2.05, 4.69) is 0 Å². The largest absolute Gasteiger partial charge is 0.466 e. The molecular weight excluding hydrogens is 280 g/mol. The summed E-state index contributed by atoms with van der Waals surface area (Å²) in [6.45, 7) is 4.31. The van der Waals surface area contributed by atoms with Gasteiger partial charge in [0.15, 0.2) is 0 Å². The molecule has 21 heavy (non-hydrogen) atoms. The molecule has 1 aliphatic rings. The quantitative estimate of drug-likeness (QED) is 0.782. The molecule has 0 amide bonds. The van der Waals surface area contributed by atoms with Crippen LogP contribution < -0.4 is 0 Å². The van der Waals surface area contributed by atoms with E-state index < -0.39 is 17.7 Å². The third-order valence-corrected chi connectivity index (χ3v) is 3.42. The molecule has 0 spiro atoms. The zero-order chi connectivity index (χ0) is 15.2. The fraction of sp³-hybridized carbons (Fsp3) is 0.533. The molecule has 1 unspecified atom stereocenters. The van der Waals surface area contributed by atoms with E-state index in [-0.39, 0.29) is 19.0 Å². The SMILES string of the molecule is CCOC(=O)CC(c1cc(F)cc(F)c1)N1CCOCC1. The summed E-state index contributed by atoms with van der Waals surface area (Å²) in [4.78, 5) is 13.8. The smallest absolute Gasteiger partial charge is 0.307 e. The van der Waals surface area contributed by atoms with Crippen molar-refractivity contribution in [2.24, 2.45) is 0 Å². The molecule has 1 fully saturated rings. The Labute approximate surface area is 122 Å². The van der Waals surface area contributed by atoms with Crippen molar-refractivity contribution in [3.05, 3.63) is 35.4 Å². The van der Waals surface area contributed by atoms with E-state index in [9.17, 15) is 13.6 Å². The lowest BCUT2D eigenvalue weighted by Gasteiger charge is -2.34. The monoisotopic (exact) mass is 299 g/mol. The van der Waals surface area contributed by atoms with E-state index in [1.54, 1.807) is 6.92 Å². The fourth-order valence-corrected chi connectivity index (χ4v) is 2.49. The van der Waals surface area contributed by atoms with Crippen molar-refractivity contribution in [1.29, 1.82) is 0 Å². The molecule has 0 radical (unpaired) electrons. The van der Waals surface area contributed by atoms with Crippen molar-refractivity contribution in [1.82, 2.24) is 4.90 Å². The summed E-state index contributed by atoms with van der Waals surface area (Å²) >= 11 is 0. The lowest BCUT2D eigenvalue weighted by molar-refractivity contribution is -0.145. The van der Waals surface area contributed by atoms with Crippen LogP contribution in [0.2, 0.25) is 0 Å². The molecule has 2 rings (SSSR count). The minimum Gasteiger partial charge on any atom is -0.466 e. The Morgan fingerprint density at radius 3 is 2.48 bits per heavy atom. The summed E-state index contributed by atoms with van der Waals surface area (Å²) < 4.78 is 37.1. The number of carbonyl (C=O) groups excluding carboxylic acids is 1. The fourth-order valence-electron chi connectivity index (χ4n) is 2.49. The van der Waals surface area contributed by atoms with E-state index in [0.717, 1.165) is 6.07 Å². The number of ether oxygens (including phenoxy) is 2. The van der Waals surface area contributed by atoms with Gasteiger partial charge in [0.2, 0.25) is 0 Å². The average Bonchev–Trinajstić information content (AvgIpc) is 2.45. The van der Waals surface area contributed by atoms with E-state index in [0.29, 0.717) is 31.9 Å². The maximum absolute atomic E-state index is 13.4. The van der Waals surface area contributed by atoms with Gasteiger partial charge in [-0.05, 0) is 24.6 Å². The Morgan fingerprint density at radius 1 is 1.29 bits per heavy atom. The molecule has 116 valence electrons. The Hall–Kier alpha value is -1.53. The molecule has 0 aromatic heterocycles. The number of esters is 1. The maximum atomic E-state index is 13.4. The van der Waals surface area contributed by atoms with E-state index in [1.165, 1.54) is 12.1 Å². The van der Waals surface area contributed by atoms with Crippen molar-refractivity contribution in [2.75, 3.05) is 32.9 Å². The van der Waals surface area contributed by atoms with Crippen LogP contribution in [0.3, 0.4) is 0 Å². The standard InChI is InChI=1S/C15H19F2NO3/c1-2-21-15(19)10-14(18-3-5-20-6-4-18)11-7-12(16)9-13(17)8-11/h7-9,14H,2-6,10H2,1H3. The second-order valence-corrected chi connectivity index (χ2v) is 4.88. The highest BCUT2D eigenvalue weighted by atomic mass is 19.1. The summed E-state index contributed by atoms with van der Waals surface area (Å²) in [5.41, 5.74) is 0.447. The highest BCUT2D eigenvalue weighted by Crippen LogP contribution is 2.27. The Morgan fingerprint density at radius 2 is 1.90 bits per heavy atom. The first-order valence-corrected chi connectivity index (χ1v) is 7.03. The number of hydrogen-bond acceptors (Lipinski definition) is 4. The molecule has 1 aromatic carbocycles. The van der Waals surface area contributed by atoms with Gasteiger partial charge in [-0.1, -0.05) is 0 Å². The number of benzene rings is 1. The minimum atomic E-state index is -0.646. The molecule has 6 heteroatoms. The normalized spacial score (nSPS) is 17.5. The number of hydrogen-bond donors (Lipinski definition) is 0.